The number of carbonyl (C=O) groups excluding carboxylic acids is 2. The molecule has 0 aliphatic rings. The van der Waals surface area contributed by atoms with Crippen molar-refractivity contribution < 1.29 is 14.3 Å². The van der Waals surface area contributed by atoms with Gasteiger partial charge in [-0.3, -0.25) is 4.79 Å². The highest BCUT2D eigenvalue weighted by Crippen LogP contribution is 2.26. The maximum atomic E-state index is 12.4. The number of rotatable bonds is 6. The lowest BCUT2D eigenvalue weighted by Gasteiger charge is -2.06. The monoisotopic (exact) mass is 432 g/mol. The van der Waals surface area contributed by atoms with Gasteiger partial charge in [-0.25, -0.2) is 14.3 Å². The maximum absolute atomic E-state index is 12.4. The lowest BCUT2D eigenvalue weighted by atomic mass is 10.1. The summed E-state index contributed by atoms with van der Waals surface area (Å²) in [5, 5.41) is 8.17. The fourth-order valence-electron chi connectivity index (χ4n) is 3.01. The molecule has 2 heterocycles. The zero-order valence-corrected chi connectivity index (χ0v) is 17.8. The number of nitrogens with zero attached hydrogens (tertiary/aromatic N) is 3. The van der Waals surface area contributed by atoms with Gasteiger partial charge >= 0.3 is 5.97 Å². The smallest absolute Gasteiger partial charge is 0.337 e. The minimum absolute atomic E-state index is 0.169. The third-order valence-electron chi connectivity index (χ3n) is 4.63. The first kappa shape index (κ1) is 20.6. The predicted molar refractivity (Wildman–Crippen MR) is 120 cm³/mol. The quantitative estimate of drug-likeness (QED) is 0.363. The van der Waals surface area contributed by atoms with Crippen LogP contribution in [0.3, 0.4) is 0 Å². The summed E-state index contributed by atoms with van der Waals surface area (Å²) in [6.07, 6.45) is 3.46. The standard InChI is InChI=1S/C23H20N4O3S/c1-15-3-5-16(6-4-15)19-13-20-22(24-11-12-27(20)26-19)31-14-21(28)25-18-9-7-17(8-10-18)23(29)30-2/h3-13H,14H2,1-2H3,(H,25,28). The number of esters is 1. The van der Waals surface area contributed by atoms with E-state index in [1.54, 1.807) is 41.2 Å². The molecule has 4 aromatic rings. The molecule has 0 aliphatic carbocycles. The van der Waals surface area contributed by atoms with E-state index in [-0.39, 0.29) is 11.7 Å². The Morgan fingerprint density at radius 3 is 2.55 bits per heavy atom. The maximum Gasteiger partial charge on any atom is 0.337 e. The van der Waals surface area contributed by atoms with Gasteiger partial charge < -0.3 is 10.1 Å². The molecule has 0 fully saturated rings. The van der Waals surface area contributed by atoms with E-state index in [4.69, 9.17) is 0 Å². The number of ether oxygens (including phenoxy) is 1. The minimum Gasteiger partial charge on any atom is -0.465 e. The van der Waals surface area contributed by atoms with E-state index >= 15 is 0 Å². The Morgan fingerprint density at radius 1 is 1.10 bits per heavy atom. The van der Waals surface area contributed by atoms with Gasteiger partial charge in [0.05, 0.1) is 29.6 Å². The molecule has 0 saturated heterocycles. The zero-order valence-electron chi connectivity index (χ0n) is 17.0. The van der Waals surface area contributed by atoms with Gasteiger partial charge in [0.25, 0.3) is 0 Å². The van der Waals surface area contributed by atoms with E-state index in [1.165, 1.54) is 24.4 Å². The first-order chi connectivity index (χ1) is 15.0. The average Bonchev–Trinajstić information content (AvgIpc) is 3.23. The van der Waals surface area contributed by atoms with Crippen LogP contribution in [-0.2, 0) is 9.53 Å². The third kappa shape index (κ3) is 4.75. The van der Waals surface area contributed by atoms with Crippen molar-refractivity contribution in [2.75, 3.05) is 18.2 Å². The van der Waals surface area contributed by atoms with E-state index in [1.807, 2.05) is 25.1 Å². The second kappa shape index (κ2) is 9.01. The minimum atomic E-state index is -0.418. The molecule has 0 spiro atoms. The molecule has 4 rings (SSSR count). The average molecular weight is 433 g/mol. The zero-order chi connectivity index (χ0) is 21.8. The van der Waals surface area contributed by atoms with Crippen molar-refractivity contribution in [3.05, 3.63) is 78.1 Å². The molecule has 31 heavy (non-hydrogen) atoms. The van der Waals surface area contributed by atoms with Crippen molar-refractivity contribution in [1.29, 1.82) is 0 Å². The summed E-state index contributed by atoms with van der Waals surface area (Å²) in [6, 6.07) is 16.7. The number of amides is 1. The Balaban J connectivity index is 1.44. The molecular weight excluding hydrogens is 412 g/mol. The number of aromatic nitrogens is 3. The Morgan fingerprint density at radius 2 is 1.84 bits per heavy atom. The molecule has 0 radical (unpaired) electrons. The largest absolute Gasteiger partial charge is 0.465 e. The van der Waals surface area contributed by atoms with Crippen LogP contribution in [0.4, 0.5) is 5.69 Å². The van der Waals surface area contributed by atoms with E-state index in [0.717, 1.165) is 21.8 Å². The summed E-state index contributed by atoms with van der Waals surface area (Å²) >= 11 is 1.34. The summed E-state index contributed by atoms with van der Waals surface area (Å²) in [5.74, 6) is -0.396. The molecule has 2 aromatic carbocycles. The van der Waals surface area contributed by atoms with Crippen molar-refractivity contribution in [3.63, 3.8) is 0 Å². The van der Waals surface area contributed by atoms with Gasteiger partial charge in [-0.05, 0) is 37.3 Å². The molecule has 0 atom stereocenters. The van der Waals surface area contributed by atoms with Crippen LogP contribution in [0, 0.1) is 6.92 Å². The number of fused-ring (bicyclic) bond motifs is 1. The lowest BCUT2D eigenvalue weighted by Crippen LogP contribution is -2.14. The first-order valence-corrected chi connectivity index (χ1v) is 10.5. The van der Waals surface area contributed by atoms with E-state index < -0.39 is 5.97 Å². The fourth-order valence-corrected chi connectivity index (χ4v) is 3.79. The number of anilines is 1. The molecule has 0 saturated carbocycles. The summed E-state index contributed by atoms with van der Waals surface area (Å²) in [7, 11) is 1.33. The molecule has 8 heteroatoms. The van der Waals surface area contributed by atoms with Crippen molar-refractivity contribution in [2.45, 2.75) is 11.9 Å². The second-order valence-electron chi connectivity index (χ2n) is 6.86. The van der Waals surface area contributed by atoms with Gasteiger partial charge in [-0.2, -0.15) is 5.10 Å². The van der Waals surface area contributed by atoms with Crippen molar-refractivity contribution in [2.24, 2.45) is 0 Å². The van der Waals surface area contributed by atoms with Crippen molar-refractivity contribution in [3.8, 4) is 11.3 Å². The van der Waals surface area contributed by atoms with Crippen LogP contribution in [0.25, 0.3) is 16.8 Å². The van der Waals surface area contributed by atoms with Gasteiger partial charge in [0.15, 0.2) is 0 Å². The van der Waals surface area contributed by atoms with E-state index in [0.29, 0.717) is 11.3 Å². The molecule has 1 N–H and O–H groups in total. The summed E-state index contributed by atoms with van der Waals surface area (Å²) in [4.78, 5) is 28.3. The number of methoxy groups -OCH3 is 1. The van der Waals surface area contributed by atoms with Crippen LogP contribution in [0.1, 0.15) is 15.9 Å². The lowest BCUT2D eigenvalue weighted by molar-refractivity contribution is -0.113. The Hall–Kier alpha value is -3.65. The summed E-state index contributed by atoms with van der Waals surface area (Å²) in [5.41, 5.74) is 4.95. The molecular formula is C23H20N4O3S. The number of hydrogen-bond acceptors (Lipinski definition) is 6. The predicted octanol–water partition coefficient (Wildman–Crippen LogP) is 4.22. The van der Waals surface area contributed by atoms with Crippen LogP contribution in [0.15, 0.2) is 72.0 Å². The molecule has 0 bridgehead atoms. The van der Waals surface area contributed by atoms with Gasteiger partial charge in [0.2, 0.25) is 5.91 Å². The van der Waals surface area contributed by atoms with Crippen LogP contribution in [0.2, 0.25) is 0 Å². The van der Waals surface area contributed by atoms with Gasteiger partial charge in [-0.15, -0.1) is 0 Å². The second-order valence-corrected chi connectivity index (χ2v) is 7.83. The highest BCUT2D eigenvalue weighted by Gasteiger charge is 2.12. The van der Waals surface area contributed by atoms with Crippen LogP contribution in [0.5, 0.6) is 0 Å². The Bertz CT molecular complexity index is 1230. The normalized spacial score (nSPS) is 10.8. The van der Waals surface area contributed by atoms with Crippen LogP contribution in [-0.4, -0.2) is 39.3 Å². The van der Waals surface area contributed by atoms with Gasteiger partial charge in [-0.1, -0.05) is 41.6 Å². The Kier molecular flexibility index (Phi) is 5.99. The number of thioether (sulfide) groups is 1. The molecule has 2 aromatic heterocycles. The summed E-state index contributed by atoms with van der Waals surface area (Å²) < 4.78 is 6.44. The number of hydrogen-bond donors (Lipinski definition) is 1. The molecule has 0 unspecified atom stereocenters. The SMILES string of the molecule is COC(=O)c1ccc(NC(=O)CSc2nccn3nc(-c4ccc(C)cc4)cc23)cc1. The van der Waals surface area contributed by atoms with Crippen LogP contribution < -0.4 is 5.32 Å². The number of aryl methyl sites for hydroxylation is 1. The van der Waals surface area contributed by atoms with Crippen LogP contribution >= 0.6 is 11.8 Å². The topological polar surface area (TPSA) is 85.6 Å². The highest BCUT2D eigenvalue weighted by atomic mass is 32.2. The summed E-state index contributed by atoms with van der Waals surface area (Å²) in [6.45, 7) is 2.05. The molecule has 0 aliphatic heterocycles. The van der Waals surface area contributed by atoms with E-state index in [2.05, 4.69) is 32.3 Å². The molecule has 7 nitrogen and oxygen atoms in total. The third-order valence-corrected chi connectivity index (χ3v) is 5.63. The molecule has 1 amide bonds. The number of nitrogens with one attached hydrogen (secondary N) is 1. The van der Waals surface area contributed by atoms with Crippen molar-refractivity contribution in [1.82, 2.24) is 14.6 Å². The van der Waals surface area contributed by atoms with Gasteiger partial charge in [0.1, 0.15) is 5.03 Å². The number of carbonyl (C=O) groups is 2. The molecule has 156 valence electrons. The Labute approximate surface area is 183 Å². The fraction of sp³-hybridized carbons (Fsp3) is 0.130. The highest BCUT2D eigenvalue weighted by molar-refractivity contribution is 8.00. The van der Waals surface area contributed by atoms with Gasteiger partial charge in [0, 0.05) is 23.6 Å². The first-order valence-electron chi connectivity index (χ1n) is 9.56. The van der Waals surface area contributed by atoms with Crippen molar-refractivity contribution >= 4 is 34.8 Å². The number of benzene rings is 2. The van der Waals surface area contributed by atoms with E-state index in [9.17, 15) is 9.59 Å².